The Morgan fingerprint density at radius 1 is 1.28 bits per heavy atom. The average molecular weight is 244 g/mol. The first-order valence-electron chi connectivity index (χ1n) is 6.42. The second kappa shape index (κ2) is 5.36. The Kier molecular flexibility index (Phi) is 4.30. The summed E-state index contributed by atoms with van der Waals surface area (Å²) in [6.07, 6.45) is 3.36. The third kappa shape index (κ3) is 2.06. The van der Waals surface area contributed by atoms with E-state index in [9.17, 15) is 15.3 Å². The SMILES string of the molecule is CC(C)[C@H]1CC=C(C=O)[C@@H](C(C)C)C1(C#N)C#N. The monoisotopic (exact) mass is 244 g/mol. The van der Waals surface area contributed by atoms with Crippen LogP contribution in [0.3, 0.4) is 0 Å². The summed E-state index contributed by atoms with van der Waals surface area (Å²) in [7, 11) is 0. The molecule has 1 aliphatic carbocycles. The van der Waals surface area contributed by atoms with Crippen molar-refractivity contribution in [2.24, 2.45) is 29.1 Å². The van der Waals surface area contributed by atoms with Crippen LogP contribution in [0.5, 0.6) is 0 Å². The summed E-state index contributed by atoms with van der Waals surface area (Å²) >= 11 is 0. The van der Waals surface area contributed by atoms with Gasteiger partial charge in [-0.3, -0.25) is 4.79 Å². The number of nitrogens with zero attached hydrogens (tertiary/aromatic N) is 2. The lowest BCUT2D eigenvalue weighted by Crippen LogP contribution is -2.44. The van der Waals surface area contributed by atoms with Crippen molar-refractivity contribution in [2.45, 2.75) is 34.1 Å². The Balaban J connectivity index is 3.43. The largest absolute Gasteiger partial charge is 0.298 e. The molecule has 96 valence electrons. The lowest BCUT2D eigenvalue weighted by Gasteiger charge is -2.43. The van der Waals surface area contributed by atoms with Gasteiger partial charge >= 0.3 is 0 Å². The van der Waals surface area contributed by atoms with Crippen LogP contribution in [-0.2, 0) is 4.79 Å². The Morgan fingerprint density at radius 3 is 2.17 bits per heavy atom. The van der Waals surface area contributed by atoms with Crippen LogP contribution in [0, 0.1) is 51.7 Å². The van der Waals surface area contributed by atoms with Crippen LogP contribution in [0.4, 0.5) is 0 Å². The van der Waals surface area contributed by atoms with Gasteiger partial charge in [0.2, 0.25) is 0 Å². The molecule has 1 aliphatic rings. The second-order valence-corrected chi connectivity index (χ2v) is 5.72. The van der Waals surface area contributed by atoms with Crippen molar-refractivity contribution in [3.63, 3.8) is 0 Å². The van der Waals surface area contributed by atoms with Gasteiger partial charge in [0.05, 0.1) is 12.1 Å². The van der Waals surface area contributed by atoms with E-state index in [4.69, 9.17) is 0 Å². The fourth-order valence-electron chi connectivity index (χ4n) is 3.23. The number of aldehydes is 1. The highest BCUT2D eigenvalue weighted by Gasteiger charge is 2.52. The van der Waals surface area contributed by atoms with E-state index in [1.807, 2.05) is 33.8 Å². The highest BCUT2D eigenvalue weighted by Crippen LogP contribution is 2.50. The maximum absolute atomic E-state index is 11.2. The molecular formula is C15H20N2O. The molecule has 1 rings (SSSR count). The van der Waals surface area contributed by atoms with E-state index in [-0.39, 0.29) is 23.7 Å². The van der Waals surface area contributed by atoms with Gasteiger partial charge in [-0.1, -0.05) is 33.8 Å². The molecule has 0 spiro atoms. The average Bonchev–Trinajstić information content (AvgIpc) is 2.35. The molecule has 0 aromatic heterocycles. The summed E-state index contributed by atoms with van der Waals surface area (Å²) in [4.78, 5) is 11.2. The number of allylic oxidation sites excluding steroid dienone is 2. The van der Waals surface area contributed by atoms with Crippen molar-refractivity contribution in [3.8, 4) is 12.1 Å². The van der Waals surface area contributed by atoms with E-state index in [2.05, 4.69) is 12.1 Å². The van der Waals surface area contributed by atoms with Crippen molar-refractivity contribution in [1.29, 1.82) is 10.5 Å². The predicted octanol–water partition coefficient (Wildman–Crippen LogP) is 3.09. The molecule has 0 aliphatic heterocycles. The van der Waals surface area contributed by atoms with Crippen LogP contribution < -0.4 is 0 Å². The number of nitriles is 2. The van der Waals surface area contributed by atoms with Crippen molar-refractivity contribution in [3.05, 3.63) is 11.6 Å². The molecule has 0 radical (unpaired) electrons. The Morgan fingerprint density at radius 2 is 1.83 bits per heavy atom. The quantitative estimate of drug-likeness (QED) is 0.716. The molecule has 3 nitrogen and oxygen atoms in total. The van der Waals surface area contributed by atoms with E-state index in [0.717, 1.165) is 6.29 Å². The van der Waals surface area contributed by atoms with Crippen LogP contribution in [0.1, 0.15) is 34.1 Å². The third-order valence-corrected chi connectivity index (χ3v) is 4.02. The standard InChI is InChI=1S/C15H20N2O/c1-10(2)13-6-5-12(7-18)14(11(3)4)15(13,8-16)9-17/h5,7,10-11,13-14H,6H2,1-4H3/t13-,14-/m1/s1. The van der Waals surface area contributed by atoms with Gasteiger partial charge in [0, 0.05) is 5.92 Å². The van der Waals surface area contributed by atoms with Crippen molar-refractivity contribution < 1.29 is 4.79 Å². The second-order valence-electron chi connectivity index (χ2n) is 5.72. The molecule has 0 bridgehead atoms. The first-order valence-corrected chi connectivity index (χ1v) is 6.42. The molecular weight excluding hydrogens is 224 g/mol. The lowest BCUT2D eigenvalue weighted by atomic mass is 9.56. The summed E-state index contributed by atoms with van der Waals surface area (Å²) < 4.78 is 0. The molecule has 3 heteroatoms. The van der Waals surface area contributed by atoms with E-state index in [0.29, 0.717) is 12.0 Å². The molecule has 0 aromatic rings. The van der Waals surface area contributed by atoms with Crippen LogP contribution in [0.15, 0.2) is 11.6 Å². The first-order chi connectivity index (χ1) is 8.44. The molecule has 0 amide bonds. The molecule has 2 atom stereocenters. The maximum Gasteiger partial charge on any atom is 0.154 e. The van der Waals surface area contributed by atoms with Gasteiger partial charge in [-0.05, 0) is 29.7 Å². The van der Waals surface area contributed by atoms with E-state index >= 15 is 0 Å². The minimum atomic E-state index is -1.08. The Bertz CT molecular complexity index is 420. The fraction of sp³-hybridized carbons (Fsp3) is 0.667. The molecule has 0 saturated heterocycles. The predicted molar refractivity (Wildman–Crippen MR) is 69.1 cm³/mol. The molecule has 0 heterocycles. The lowest BCUT2D eigenvalue weighted by molar-refractivity contribution is -0.106. The summed E-state index contributed by atoms with van der Waals surface area (Å²) in [5.41, 5.74) is -0.460. The normalized spacial score (nSPS) is 26.3. The summed E-state index contributed by atoms with van der Waals surface area (Å²) in [6.45, 7) is 8.00. The summed E-state index contributed by atoms with van der Waals surface area (Å²) in [5.74, 6) is 0.0482. The third-order valence-electron chi connectivity index (χ3n) is 4.02. The minimum absolute atomic E-state index is 0.0106. The van der Waals surface area contributed by atoms with Gasteiger partial charge in [-0.2, -0.15) is 10.5 Å². The van der Waals surface area contributed by atoms with Crippen LogP contribution in [-0.4, -0.2) is 6.29 Å². The summed E-state index contributed by atoms with van der Waals surface area (Å²) in [5, 5.41) is 19.2. The van der Waals surface area contributed by atoms with E-state index in [1.54, 1.807) is 0 Å². The Labute approximate surface area is 109 Å². The van der Waals surface area contributed by atoms with Crippen molar-refractivity contribution >= 4 is 6.29 Å². The smallest absolute Gasteiger partial charge is 0.154 e. The molecule has 0 fully saturated rings. The van der Waals surface area contributed by atoms with Gasteiger partial charge in [-0.25, -0.2) is 0 Å². The molecule has 18 heavy (non-hydrogen) atoms. The summed E-state index contributed by atoms with van der Waals surface area (Å²) in [6, 6.07) is 4.47. The van der Waals surface area contributed by atoms with Crippen molar-refractivity contribution in [2.75, 3.05) is 0 Å². The van der Waals surface area contributed by atoms with E-state index in [1.165, 1.54) is 0 Å². The Hall–Kier alpha value is -1.61. The number of rotatable bonds is 3. The van der Waals surface area contributed by atoms with Crippen LogP contribution >= 0.6 is 0 Å². The van der Waals surface area contributed by atoms with E-state index < -0.39 is 5.41 Å². The van der Waals surface area contributed by atoms with Gasteiger partial charge in [0.1, 0.15) is 6.29 Å². The van der Waals surface area contributed by atoms with Gasteiger partial charge in [0.25, 0.3) is 0 Å². The highest BCUT2D eigenvalue weighted by atomic mass is 16.1. The zero-order valence-corrected chi connectivity index (χ0v) is 11.5. The number of carbonyl (C=O) groups is 1. The number of hydrogen-bond acceptors (Lipinski definition) is 3. The zero-order valence-electron chi connectivity index (χ0n) is 11.5. The van der Waals surface area contributed by atoms with Crippen LogP contribution in [0.2, 0.25) is 0 Å². The maximum atomic E-state index is 11.2. The molecule has 0 unspecified atom stereocenters. The topological polar surface area (TPSA) is 64.7 Å². The zero-order chi connectivity index (χ0) is 13.9. The first kappa shape index (κ1) is 14.5. The number of carbonyl (C=O) groups excluding carboxylic acids is 1. The van der Waals surface area contributed by atoms with Gasteiger partial charge in [0.15, 0.2) is 5.41 Å². The molecule has 0 saturated carbocycles. The minimum Gasteiger partial charge on any atom is -0.298 e. The van der Waals surface area contributed by atoms with Gasteiger partial charge < -0.3 is 0 Å². The number of hydrogen-bond donors (Lipinski definition) is 0. The fourth-order valence-corrected chi connectivity index (χ4v) is 3.23. The molecule has 0 aromatic carbocycles. The molecule has 0 N–H and O–H groups in total. The van der Waals surface area contributed by atoms with Crippen molar-refractivity contribution in [1.82, 2.24) is 0 Å². The van der Waals surface area contributed by atoms with Gasteiger partial charge in [-0.15, -0.1) is 0 Å². The highest BCUT2D eigenvalue weighted by molar-refractivity contribution is 5.75. The van der Waals surface area contributed by atoms with Crippen LogP contribution in [0.25, 0.3) is 0 Å².